The summed E-state index contributed by atoms with van der Waals surface area (Å²) in [4.78, 5) is 30.4. The molecule has 4 nitrogen and oxygen atoms in total. The van der Waals surface area contributed by atoms with E-state index in [1.54, 1.807) is 24.3 Å². The first kappa shape index (κ1) is 14.0. The van der Waals surface area contributed by atoms with Crippen molar-refractivity contribution in [2.45, 2.75) is 5.03 Å². The number of amides is 2. The Morgan fingerprint density at radius 1 is 0.826 bits per heavy atom. The van der Waals surface area contributed by atoms with Gasteiger partial charge in [0.25, 0.3) is 11.8 Å². The lowest BCUT2D eigenvalue weighted by molar-refractivity contribution is 0.0684. The normalized spacial score (nSPS) is 13.7. The van der Waals surface area contributed by atoms with Crippen molar-refractivity contribution in [2.75, 3.05) is 5.88 Å². The number of carbonyl (C=O) groups excluding carboxylic acids is 2. The van der Waals surface area contributed by atoms with E-state index >= 15 is 0 Å². The summed E-state index contributed by atoms with van der Waals surface area (Å²) in [6, 6.07) is 18.7. The van der Waals surface area contributed by atoms with E-state index in [9.17, 15) is 9.59 Å². The number of hydrogen-bond donors (Lipinski definition) is 0. The molecule has 0 N–H and O–H groups in total. The maximum atomic E-state index is 12.3. The van der Waals surface area contributed by atoms with Crippen LogP contribution in [0.4, 0.5) is 0 Å². The molecule has 2 amide bonds. The van der Waals surface area contributed by atoms with E-state index in [1.807, 2.05) is 36.4 Å². The minimum atomic E-state index is -0.237. The van der Waals surface area contributed by atoms with Crippen LogP contribution in [0.2, 0.25) is 0 Å². The van der Waals surface area contributed by atoms with Crippen molar-refractivity contribution in [1.29, 1.82) is 0 Å². The monoisotopic (exact) mass is 320 g/mol. The van der Waals surface area contributed by atoms with Crippen LogP contribution in [0.15, 0.2) is 65.7 Å². The highest BCUT2D eigenvalue weighted by Crippen LogP contribution is 2.27. The van der Waals surface area contributed by atoms with Crippen molar-refractivity contribution in [2.24, 2.45) is 0 Å². The van der Waals surface area contributed by atoms with Crippen molar-refractivity contribution in [1.82, 2.24) is 9.88 Å². The summed E-state index contributed by atoms with van der Waals surface area (Å²) in [5.41, 5.74) is 1.86. The Labute approximate surface area is 137 Å². The number of pyridine rings is 1. The summed E-state index contributed by atoms with van der Waals surface area (Å²) >= 11 is 1.38. The Morgan fingerprint density at radius 3 is 2.22 bits per heavy atom. The average molecular weight is 320 g/mol. The van der Waals surface area contributed by atoms with Gasteiger partial charge in [0.05, 0.1) is 27.5 Å². The van der Waals surface area contributed by atoms with E-state index in [0.717, 1.165) is 15.9 Å². The minimum absolute atomic E-state index is 0.237. The van der Waals surface area contributed by atoms with Gasteiger partial charge in [-0.05, 0) is 24.3 Å². The SMILES string of the molecule is O=C1c2ccccc2C(=O)N1CSc1ccc2ccccc2n1. The van der Waals surface area contributed by atoms with Gasteiger partial charge in [0, 0.05) is 5.39 Å². The molecule has 0 saturated carbocycles. The number of hydrogen-bond acceptors (Lipinski definition) is 4. The second-order valence-corrected chi connectivity index (χ2v) is 6.16. The van der Waals surface area contributed by atoms with Gasteiger partial charge in [0.1, 0.15) is 0 Å². The van der Waals surface area contributed by atoms with Crippen LogP contribution in [0.1, 0.15) is 20.7 Å². The number of nitrogens with zero attached hydrogens (tertiary/aromatic N) is 2. The van der Waals surface area contributed by atoms with E-state index < -0.39 is 0 Å². The molecule has 0 fully saturated rings. The van der Waals surface area contributed by atoms with Crippen LogP contribution >= 0.6 is 11.8 Å². The van der Waals surface area contributed by atoms with E-state index in [4.69, 9.17) is 0 Å². The van der Waals surface area contributed by atoms with Crippen molar-refractivity contribution >= 4 is 34.5 Å². The second-order valence-electron chi connectivity index (χ2n) is 5.20. The summed E-state index contributed by atoms with van der Waals surface area (Å²) in [5, 5.41) is 1.86. The molecule has 0 unspecified atom stereocenters. The first-order chi connectivity index (χ1) is 11.2. The molecule has 5 heteroatoms. The van der Waals surface area contributed by atoms with E-state index in [2.05, 4.69) is 4.98 Å². The van der Waals surface area contributed by atoms with Crippen molar-refractivity contribution in [3.63, 3.8) is 0 Å². The minimum Gasteiger partial charge on any atom is -0.269 e. The molecule has 3 aromatic rings. The molecule has 23 heavy (non-hydrogen) atoms. The third-order valence-corrected chi connectivity index (χ3v) is 4.70. The van der Waals surface area contributed by atoms with Gasteiger partial charge in [-0.1, -0.05) is 48.2 Å². The molecular weight excluding hydrogens is 308 g/mol. The standard InChI is InChI=1S/C18H12N2O2S/c21-17-13-6-2-3-7-14(13)18(22)20(17)11-23-16-10-9-12-5-1-4-8-15(12)19-16/h1-10H,11H2. The Morgan fingerprint density at radius 2 is 1.48 bits per heavy atom. The Kier molecular flexibility index (Phi) is 3.35. The molecule has 112 valence electrons. The first-order valence-electron chi connectivity index (χ1n) is 7.18. The first-order valence-corrected chi connectivity index (χ1v) is 8.16. The van der Waals surface area contributed by atoms with Crippen LogP contribution in [0, 0.1) is 0 Å². The number of aromatic nitrogens is 1. The Balaban J connectivity index is 1.55. The highest BCUT2D eigenvalue weighted by molar-refractivity contribution is 7.99. The summed E-state index contributed by atoms with van der Waals surface area (Å²) in [6.45, 7) is 0. The number of thioether (sulfide) groups is 1. The zero-order valence-corrected chi connectivity index (χ0v) is 12.9. The summed E-state index contributed by atoms with van der Waals surface area (Å²) in [5.74, 6) is -0.213. The summed E-state index contributed by atoms with van der Waals surface area (Å²) in [7, 11) is 0. The number of benzene rings is 2. The summed E-state index contributed by atoms with van der Waals surface area (Å²) in [6.07, 6.45) is 0. The maximum absolute atomic E-state index is 12.3. The van der Waals surface area contributed by atoms with Gasteiger partial charge < -0.3 is 0 Å². The molecule has 0 atom stereocenters. The highest BCUT2D eigenvalue weighted by atomic mass is 32.2. The maximum Gasteiger partial charge on any atom is 0.262 e. The van der Waals surface area contributed by atoms with Gasteiger partial charge in [-0.25, -0.2) is 4.98 Å². The van der Waals surface area contributed by atoms with Crippen molar-refractivity contribution in [3.05, 3.63) is 71.8 Å². The van der Waals surface area contributed by atoms with Crippen LogP contribution < -0.4 is 0 Å². The largest absolute Gasteiger partial charge is 0.269 e. The number of fused-ring (bicyclic) bond motifs is 2. The lowest BCUT2D eigenvalue weighted by atomic mass is 10.1. The number of para-hydroxylation sites is 1. The van der Waals surface area contributed by atoms with Crippen LogP contribution in [0.25, 0.3) is 10.9 Å². The van der Waals surface area contributed by atoms with E-state index in [-0.39, 0.29) is 17.7 Å². The number of imide groups is 1. The van der Waals surface area contributed by atoms with Crippen LogP contribution in [0.5, 0.6) is 0 Å². The second kappa shape index (κ2) is 5.52. The molecule has 1 aromatic heterocycles. The van der Waals surface area contributed by atoms with Gasteiger partial charge in [0.2, 0.25) is 0 Å². The van der Waals surface area contributed by atoms with Gasteiger partial charge in [-0.2, -0.15) is 0 Å². The molecule has 2 aromatic carbocycles. The number of rotatable bonds is 3. The molecule has 2 heterocycles. The topological polar surface area (TPSA) is 50.3 Å². The van der Waals surface area contributed by atoms with Crippen LogP contribution in [0.3, 0.4) is 0 Å². The van der Waals surface area contributed by atoms with Gasteiger partial charge in [-0.15, -0.1) is 0 Å². The summed E-state index contributed by atoms with van der Waals surface area (Å²) < 4.78 is 0. The smallest absolute Gasteiger partial charge is 0.262 e. The Bertz CT molecular complexity index is 904. The van der Waals surface area contributed by atoms with E-state index in [1.165, 1.54) is 16.7 Å². The molecule has 4 rings (SSSR count). The van der Waals surface area contributed by atoms with E-state index in [0.29, 0.717) is 11.1 Å². The molecule has 1 aliphatic heterocycles. The van der Waals surface area contributed by atoms with Gasteiger partial charge in [0.15, 0.2) is 0 Å². The fourth-order valence-corrected chi connectivity index (χ4v) is 3.44. The zero-order valence-electron chi connectivity index (χ0n) is 12.1. The van der Waals surface area contributed by atoms with Crippen LogP contribution in [-0.2, 0) is 0 Å². The highest BCUT2D eigenvalue weighted by Gasteiger charge is 2.34. The Hall–Kier alpha value is -2.66. The fraction of sp³-hybridized carbons (Fsp3) is 0.0556. The lowest BCUT2D eigenvalue weighted by Gasteiger charge is -2.12. The lowest BCUT2D eigenvalue weighted by Crippen LogP contribution is -2.29. The zero-order chi connectivity index (χ0) is 15.8. The van der Waals surface area contributed by atoms with Crippen molar-refractivity contribution < 1.29 is 9.59 Å². The molecule has 0 bridgehead atoms. The molecule has 0 saturated heterocycles. The van der Waals surface area contributed by atoms with Crippen molar-refractivity contribution in [3.8, 4) is 0 Å². The predicted octanol–water partition coefficient (Wildman–Crippen LogP) is 3.58. The third-order valence-electron chi connectivity index (χ3n) is 3.79. The van der Waals surface area contributed by atoms with Gasteiger partial charge in [-0.3, -0.25) is 14.5 Å². The number of carbonyl (C=O) groups is 2. The van der Waals surface area contributed by atoms with Crippen LogP contribution in [-0.4, -0.2) is 27.6 Å². The predicted molar refractivity (Wildman–Crippen MR) is 89.4 cm³/mol. The molecule has 0 spiro atoms. The molecular formula is C18H12N2O2S. The fourth-order valence-electron chi connectivity index (χ4n) is 2.61. The molecule has 0 aliphatic carbocycles. The average Bonchev–Trinajstić information content (AvgIpc) is 2.84. The molecule has 0 radical (unpaired) electrons. The quantitative estimate of drug-likeness (QED) is 0.547. The van der Waals surface area contributed by atoms with Gasteiger partial charge >= 0.3 is 0 Å². The molecule has 1 aliphatic rings. The third kappa shape index (κ3) is 2.39.